The van der Waals surface area contributed by atoms with E-state index in [4.69, 9.17) is 14.6 Å². The third-order valence-electron chi connectivity index (χ3n) is 3.06. The molecule has 0 atom stereocenters. The fraction of sp³-hybridized carbons (Fsp3) is 0.125. The minimum atomic E-state index is -1.16. The molecule has 0 aliphatic heterocycles. The van der Waals surface area contributed by atoms with Gasteiger partial charge in [-0.3, -0.25) is 4.79 Å². The third-order valence-corrected chi connectivity index (χ3v) is 3.06. The van der Waals surface area contributed by atoms with E-state index < -0.39 is 11.9 Å². The Balaban J connectivity index is 2.32. The molecule has 2 aromatic carbocycles. The largest absolute Gasteiger partial charge is 0.497 e. The van der Waals surface area contributed by atoms with Crippen LogP contribution in [0, 0.1) is 0 Å². The number of ether oxygens (including phenoxy) is 2. The van der Waals surface area contributed by atoms with Crippen LogP contribution in [0.1, 0.15) is 20.7 Å². The lowest BCUT2D eigenvalue weighted by Crippen LogP contribution is -2.16. The van der Waals surface area contributed by atoms with Crippen molar-refractivity contribution in [1.29, 1.82) is 0 Å². The zero-order valence-electron chi connectivity index (χ0n) is 12.1. The number of carbonyl (C=O) groups is 2. The highest BCUT2D eigenvalue weighted by atomic mass is 16.5. The van der Waals surface area contributed by atoms with Gasteiger partial charge in [0.05, 0.1) is 31.0 Å². The van der Waals surface area contributed by atoms with Gasteiger partial charge in [-0.25, -0.2) is 4.79 Å². The molecule has 0 fully saturated rings. The van der Waals surface area contributed by atoms with Gasteiger partial charge >= 0.3 is 5.97 Å². The Morgan fingerprint density at radius 2 is 1.68 bits per heavy atom. The smallest absolute Gasteiger partial charge is 0.336 e. The third kappa shape index (κ3) is 3.17. The van der Waals surface area contributed by atoms with Crippen LogP contribution in [-0.2, 0) is 0 Å². The van der Waals surface area contributed by atoms with Crippen LogP contribution in [0.15, 0.2) is 42.5 Å². The molecule has 0 aliphatic carbocycles. The number of nitrogens with one attached hydrogen (secondary N) is 1. The average molecular weight is 301 g/mol. The van der Waals surface area contributed by atoms with Crippen LogP contribution in [0.5, 0.6) is 11.5 Å². The number of hydrogen-bond acceptors (Lipinski definition) is 4. The fourth-order valence-electron chi connectivity index (χ4n) is 1.96. The molecular formula is C16H15NO5. The lowest BCUT2D eigenvalue weighted by molar-refractivity contribution is 0.0692. The van der Waals surface area contributed by atoms with Crippen molar-refractivity contribution < 1.29 is 24.2 Å². The highest BCUT2D eigenvalue weighted by Gasteiger charge is 2.17. The molecule has 1 amide bonds. The standard InChI is InChI=1S/C16H15NO5/c1-21-10-7-8-13(14(9-10)22-2)17-15(18)11-5-3-4-6-12(11)16(19)20/h3-9H,1-2H3,(H,17,18)(H,19,20). The molecular weight excluding hydrogens is 286 g/mol. The summed E-state index contributed by atoms with van der Waals surface area (Å²) in [5.41, 5.74) is 0.439. The van der Waals surface area contributed by atoms with Gasteiger partial charge in [0.15, 0.2) is 0 Å². The first-order chi connectivity index (χ1) is 10.6. The maximum Gasteiger partial charge on any atom is 0.336 e. The first kappa shape index (κ1) is 15.4. The lowest BCUT2D eigenvalue weighted by atomic mass is 10.1. The fourth-order valence-corrected chi connectivity index (χ4v) is 1.96. The second-order valence-electron chi connectivity index (χ2n) is 4.37. The topological polar surface area (TPSA) is 84.9 Å². The second-order valence-corrected chi connectivity index (χ2v) is 4.37. The minimum Gasteiger partial charge on any atom is -0.497 e. The maximum atomic E-state index is 12.3. The second kappa shape index (κ2) is 6.62. The van der Waals surface area contributed by atoms with E-state index in [2.05, 4.69) is 5.32 Å². The van der Waals surface area contributed by atoms with Crippen molar-refractivity contribution in [2.75, 3.05) is 19.5 Å². The molecule has 0 bridgehead atoms. The molecule has 22 heavy (non-hydrogen) atoms. The molecule has 0 unspecified atom stereocenters. The highest BCUT2D eigenvalue weighted by molar-refractivity contribution is 6.11. The Labute approximate surface area is 127 Å². The van der Waals surface area contributed by atoms with Gasteiger partial charge in [0.25, 0.3) is 5.91 Å². The number of rotatable bonds is 5. The Morgan fingerprint density at radius 3 is 2.27 bits per heavy atom. The van der Waals surface area contributed by atoms with Crippen molar-refractivity contribution in [2.24, 2.45) is 0 Å². The molecule has 0 aromatic heterocycles. The summed E-state index contributed by atoms with van der Waals surface area (Å²) in [7, 11) is 2.99. The van der Waals surface area contributed by atoms with Crippen LogP contribution in [0.3, 0.4) is 0 Å². The van der Waals surface area contributed by atoms with Gasteiger partial charge in [-0.1, -0.05) is 12.1 Å². The summed E-state index contributed by atoms with van der Waals surface area (Å²) in [6.07, 6.45) is 0. The molecule has 0 spiro atoms. The van der Waals surface area contributed by atoms with Gasteiger partial charge in [0, 0.05) is 6.07 Å². The summed E-state index contributed by atoms with van der Waals surface area (Å²) >= 11 is 0. The van der Waals surface area contributed by atoms with Crippen LogP contribution >= 0.6 is 0 Å². The Kier molecular flexibility index (Phi) is 4.63. The van der Waals surface area contributed by atoms with Crippen molar-refractivity contribution in [1.82, 2.24) is 0 Å². The summed E-state index contributed by atoms with van der Waals surface area (Å²) in [6.45, 7) is 0. The average Bonchev–Trinajstić information content (AvgIpc) is 2.55. The number of anilines is 1. The molecule has 2 rings (SSSR count). The van der Waals surface area contributed by atoms with Crippen molar-refractivity contribution >= 4 is 17.6 Å². The number of hydrogen-bond donors (Lipinski definition) is 2. The van der Waals surface area contributed by atoms with Crippen LogP contribution in [-0.4, -0.2) is 31.2 Å². The molecule has 0 saturated carbocycles. The normalized spacial score (nSPS) is 9.91. The number of carboxylic acids is 1. The van der Waals surface area contributed by atoms with Crippen LogP contribution < -0.4 is 14.8 Å². The van der Waals surface area contributed by atoms with Crippen LogP contribution in [0.4, 0.5) is 5.69 Å². The monoisotopic (exact) mass is 301 g/mol. The molecule has 0 radical (unpaired) electrons. The molecule has 6 heteroatoms. The van der Waals surface area contributed by atoms with Crippen molar-refractivity contribution in [3.8, 4) is 11.5 Å². The zero-order chi connectivity index (χ0) is 16.1. The van der Waals surface area contributed by atoms with E-state index in [9.17, 15) is 9.59 Å². The number of carbonyl (C=O) groups excluding carboxylic acids is 1. The quantitative estimate of drug-likeness (QED) is 0.887. The molecule has 0 aliphatic rings. The minimum absolute atomic E-state index is 0.0625. The predicted molar refractivity (Wildman–Crippen MR) is 80.9 cm³/mol. The molecule has 2 N–H and O–H groups in total. The maximum absolute atomic E-state index is 12.3. The van der Waals surface area contributed by atoms with Gasteiger partial charge in [-0.2, -0.15) is 0 Å². The highest BCUT2D eigenvalue weighted by Crippen LogP contribution is 2.29. The van der Waals surface area contributed by atoms with Crippen molar-refractivity contribution in [3.63, 3.8) is 0 Å². The van der Waals surface area contributed by atoms with Crippen molar-refractivity contribution in [3.05, 3.63) is 53.6 Å². The Bertz CT molecular complexity index is 711. The van der Waals surface area contributed by atoms with Crippen molar-refractivity contribution in [2.45, 2.75) is 0 Å². The van der Waals surface area contributed by atoms with E-state index in [1.807, 2.05) is 0 Å². The molecule has 0 heterocycles. The summed E-state index contributed by atoms with van der Waals surface area (Å²) < 4.78 is 10.3. The van der Waals surface area contributed by atoms with E-state index in [1.165, 1.54) is 26.4 Å². The number of methoxy groups -OCH3 is 2. The van der Waals surface area contributed by atoms with E-state index in [1.54, 1.807) is 30.3 Å². The summed E-state index contributed by atoms with van der Waals surface area (Å²) in [6, 6.07) is 10.9. The number of aromatic carboxylic acids is 1. The zero-order valence-corrected chi connectivity index (χ0v) is 12.1. The van der Waals surface area contributed by atoms with E-state index in [-0.39, 0.29) is 11.1 Å². The van der Waals surface area contributed by atoms with E-state index in [0.29, 0.717) is 17.2 Å². The molecule has 6 nitrogen and oxygen atoms in total. The first-order valence-electron chi connectivity index (χ1n) is 6.42. The predicted octanol–water partition coefficient (Wildman–Crippen LogP) is 2.65. The number of carboxylic acid groups (broad SMARTS) is 1. The summed E-state index contributed by atoms with van der Waals surface area (Å²) in [5, 5.41) is 11.8. The van der Waals surface area contributed by atoms with E-state index in [0.717, 1.165) is 0 Å². The van der Waals surface area contributed by atoms with Gasteiger partial charge in [0.1, 0.15) is 11.5 Å². The summed E-state index contributed by atoms with van der Waals surface area (Å²) in [4.78, 5) is 23.5. The molecule has 2 aromatic rings. The number of benzene rings is 2. The lowest BCUT2D eigenvalue weighted by Gasteiger charge is -2.12. The number of amides is 1. The SMILES string of the molecule is COc1ccc(NC(=O)c2ccccc2C(=O)O)c(OC)c1. The molecule has 114 valence electrons. The van der Waals surface area contributed by atoms with E-state index >= 15 is 0 Å². The van der Waals surface area contributed by atoms with Crippen LogP contribution in [0.25, 0.3) is 0 Å². The summed E-state index contributed by atoms with van der Waals surface area (Å²) in [5.74, 6) is -0.685. The van der Waals surface area contributed by atoms with Crippen LogP contribution in [0.2, 0.25) is 0 Å². The molecule has 0 saturated heterocycles. The first-order valence-corrected chi connectivity index (χ1v) is 6.42. The van der Waals surface area contributed by atoms with Gasteiger partial charge in [-0.15, -0.1) is 0 Å². The van der Waals surface area contributed by atoms with Gasteiger partial charge in [-0.05, 0) is 24.3 Å². The Morgan fingerprint density at radius 1 is 1.00 bits per heavy atom. The van der Waals surface area contributed by atoms with Gasteiger partial charge < -0.3 is 19.9 Å². The van der Waals surface area contributed by atoms with Gasteiger partial charge in [0.2, 0.25) is 0 Å². The Hall–Kier alpha value is -3.02.